The number of carbonyl (C=O) groups is 1. The van der Waals surface area contributed by atoms with E-state index in [1.165, 1.54) is 18.1 Å². The van der Waals surface area contributed by atoms with Crippen LogP contribution in [0.3, 0.4) is 0 Å². The van der Waals surface area contributed by atoms with Gasteiger partial charge in [-0.2, -0.15) is 0 Å². The van der Waals surface area contributed by atoms with Crippen LogP contribution in [0.4, 0.5) is 11.5 Å². The lowest BCUT2D eigenvalue weighted by Crippen LogP contribution is -2.14. The van der Waals surface area contributed by atoms with Crippen molar-refractivity contribution in [2.24, 2.45) is 0 Å². The highest BCUT2D eigenvalue weighted by atomic mass is 79.9. The molecule has 1 aromatic heterocycles. The first-order chi connectivity index (χ1) is 13.1. The van der Waals surface area contributed by atoms with Gasteiger partial charge in [-0.3, -0.25) is 4.79 Å². The zero-order chi connectivity index (χ0) is 19.1. The molecule has 0 aliphatic carbocycles. The van der Waals surface area contributed by atoms with E-state index in [1.54, 1.807) is 0 Å². The molecule has 2 aromatic carbocycles. The second kappa shape index (κ2) is 9.73. The van der Waals surface area contributed by atoms with Gasteiger partial charge in [-0.1, -0.05) is 47.6 Å². The van der Waals surface area contributed by atoms with E-state index in [0.717, 1.165) is 20.7 Å². The Bertz CT molecular complexity index is 924. The van der Waals surface area contributed by atoms with Crippen molar-refractivity contribution >= 4 is 56.7 Å². The average molecular weight is 464 g/mol. The van der Waals surface area contributed by atoms with E-state index in [-0.39, 0.29) is 11.7 Å². The van der Waals surface area contributed by atoms with E-state index >= 15 is 0 Å². The van der Waals surface area contributed by atoms with Crippen molar-refractivity contribution in [3.8, 4) is 0 Å². The monoisotopic (exact) mass is 462 g/mol. The summed E-state index contributed by atoms with van der Waals surface area (Å²) in [5.74, 6) is 0.865. The van der Waals surface area contributed by atoms with Crippen molar-refractivity contribution in [2.45, 2.75) is 11.6 Å². The third-order valence-corrected chi connectivity index (χ3v) is 5.40. The Kier molecular flexibility index (Phi) is 7.09. The van der Waals surface area contributed by atoms with Crippen LogP contribution >= 0.6 is 39.3 Å². The minimum atomic E-state index is -0.0961. The first-order valence-electron chi connectivity index (χ1n) is 8.08. The molecule has 3 rings (SSSR count). The van der Waals surface area contributed by atoms with Crippen LogP contribution in [0.25, 0.3) is 0 Å². The smallest absolute Gasteiger partial charge is 0.234 e. The topological polar surface area (TPSA) is 66.9 Å². The van der Waals surface area contributed by atoms with Gasteiger partial charge < -0.3 is 10.6 Å². The number of aromatic nitrogens is 2. The molecule has 0 spiro atoms. The fraction of sp³-hybridized carbons (Fsp3) is 0.105. The molecule has 0 atom stereocenters. The Hall–Kier alpha value is -2.09. The zero-order valence-corrected chi connectivity index (χ0v) is 17.3. The van der Waals surface area contributed by atoms with Crippen molar-refractivity contribution in [1.82, 2.24) is 9.97 Å². The van der Waals surface area contributed by atoms with Gasteiger partial charge in [0.1, 0.15) is 17.2 Å². The van der Waals surface area contributed by atoms with Gasteiger partial charge in [-0.15, -0.1) is 0 Å². The maximum absolute atomic E-state index is 12.1. The summed E-state index contributed by atoms with van der Waals surface area (Å²) in [6.07, 6.45) is 1.48. The lowest BCUT2D eigenvalue weighted by atomic mass is 10.2. The number of thioether (sulfide) groups is 1. The summed E-state index contributed by atoms with van der Waals surface area (Å²) < 4.78 is 0.846. The van der Waals surface area contributed by atoms with Crippen molar-refractivity contribution in [3.05, 3.63) is 76.0 Å². The number of amides is 1. The number of rotatable bonds is 7. The third kappa shape index (κ3) is 6.23. The highest BCUT2D eigenvalue weighted by molar-refractivity contribution is 9.10. The molecule has 1 heterocycles. The van der Waals surface area contributed by atoms with Gasteiger partial charge in [0.05, 0.1) is 11.4 Å². The van der Waals surface area contributed by atoms with Gasteiger partial charge in [0.15, 0.2) is 0 Å². The summed E-state index contributed by atoms with van der Waals surface area (Å²) in [4.78, 5) is 20.6. The van der Waals surface area contributed by atoms with Crippen molar-refractivity contribution < 1.29 is 4.79 Å². The summed E-state index contributed by atoms with van der Waals surface area (Å²) in [5, 5.41) is 7.55. The summed E-state index contributed by atoms with van der Waals surface area (Å²) in [6.45, 7) is 0.626. The molecule has 0 radical (unpaired) electrons. The Balaban J connectivity index is 1.52. The number of benzene rings is 2. The van der Waals surface area contributed by atoms with Gasteiger partial charge in [0.2, 0.25) is 5.91 Å². The Morgan fingerprint density at radius 2 is 1.89 bits per heavy atom. The number of para-hydroxylation sites is 1. The molecule has 8 heteroatoms. The van der Waals surface area contributed by atoms with Crippen LogP contribution in [0.1, 0.15) is 5.56 Å². The lowest BCUT2D eigenvalue weighted by molar-refractivity contribution is -0.113. The maximum atomic E-state index is 12.1. The Morgan fingerprint density at radius 1 is 1.11 bits per heavy atom. The number of hydrogen-bond acceptors (Lipinski definition) is 5. The fourth-order valence-electron chi connectivity index (χ4n) is 2.20. The molecule has 0 fully saturated rings. The molecule has 0 aliphatic heterocycles. The molecule has 2 N–H and O–H groups in total. The summed E-state index contributed by atoms with van der Waals surface area (Å²) in [6, 6.07) is 16.9. The first-order valence-corrected chi connectivity index (χ1v) is 10.2. The number of nitrogens with one attached hydrogen (secondary N) is 2. The van der Waals surface area contributed by atoms with E-state index in [1.807, 2.05) is 54.6 Å². The standard InChI is InChI=1S/C19H16BrClN4OS/c20-15-3-1-2-4-16(15)25-18(26)11-27-19-9-17(23-12-24-19)22-10-13-5-7-14(21)8-6-13/h1-9,12H,10-11H2,(H,25,26)(H,22,23,24). The van der Waals surface area contributed by atoms with Crippen LogP contribution in [0.15, 0.2) is 70.4 Å². The molecule has 0 unspecified atom stereocenters. The predicted octanol–water partition coefficient (Wildman–Crippen LogP) is 5.24. The van der Waals surface area contributed by atoms with E-state index in [4.69, 9.17) is 11.6 Å². The number of nitrogens with zero attached hydrogens (tertiary/aromatic N) is 2. The van der Waals surface area contributed by atoms with Gasteiger partial charge in [0, 0.05) is 22.1 Å². The van der Waals surface area contributed by atoms with Crippen LogP contribution in [-0.4, -0.2) is 21.6 Å². The summed E-state index contributed by atoms with van der Waals surface area (Å²) in [7, 11) is 0. The Morgan fingerprint density at radius 3 is 2.67 bits per heavy atom. The Labute approximate surface area is 175 Å². The lowest BCUT2D eigenvalue weighted by Gasteiger charge is -2.08. The van der Waals surface area contributed by atoms with Crippen LogP contribution in [0.5, 0.6) is 0 Å². The SMILES string of the molecule is O=C(CSc1cc(NCc2ccc(Cl)cc2)ncn1)Nc1ccccc1Br. The van der Waals surface area contributed by atoms with E-state index < -0.39 is 0 Å². The van der Waals surface area contributed by atoms with Crippen LogP contribution < -0.4 is 10.6 Å². The molecule has 3 aromatic rings. The number of carbonyl (C=O) groups excluding carboxylic acids is 1. The minimum Gasteiger partial charge on any atom is -0.366 e. The van der Waals surface area contributed by atoms with Crippen molar-refractivity contribution in [1.29, 1.82) is 0 Å². The molecule has 138 valence electrons. The average Bonchev–Trinajstić information content (AvgIpc) is 2.68. The first kappa shape index (κ1) is 19.7. The second-order valence-electron chi connectivity index (χ2n) is 5.54. The minimum absolute atomic E-state index is 0.0961. The molecule has 27 heavy (non-hydrogen) atoms. The van der Waals surface area contributed by atoms with Gasteiger partial charge in [-0.25, -0.2) is 9.97 Å². The van der Waals surface area contributed by atoms with Crippen LogP contribution in [-0.2, 0) is 11.3 Å². The summed E-state index contributed by atoms with van der Waals surface area (Å²) in [5.41, 5.74) is 1.84. The molecule has 0 bridgehead atoms. The van der Waals surface area contributed by atoms with Gasteiger partial charge in [-0.05, 0) is 45.8 Å². The molecule has 1 amide bonds. The highest BCUT2D eigenvalue weighted by Crippen LogP contribution is 2.22. The molecule has 5 nitrogen and oxygen atoms in total. The van der Waals surface area contributed by atoms with Gasteiger partial charge >= 0.3 is 0 Å². The molecule has 0 saturated heterocycles. The molecular weight excluding hydrogens is 448 g/mol. The molecular formula is C19H16BrClN4OS. The van der Waals surface area contributed by atoms with Gasteiger partial charge in [0.25, 0.3) is 0 Å². The van der Waals surface area contributed by atoms with E-state index in [9.17, 15) is 4.79 Å². The number of hydrogen-bond donors (Lipinski definition) is 2. The van der Waals surface area contributed by atoms with Crippen LogP contribution in [0, 0.1) is 0 Å². The second-order valence-corrected chi connectivity index (χ2v) is 7.82. The summed E-state index contributed by atoms with van der Waals surface area (Å²) >= 11 is 10.7. The fourth-order valence-corrected chi connectivity index (χ4v) is 3.38. The molecule has 0 saturated carbocycles. The largest absolute Gasteiger partial charge is 0.366 e. The molecule has 0 aliphatic rings. The maximum Gasteiger partial charge on any atom is 0.234 e. The highest BCUT2D eigenvalue weighted by Gasteiger charge is 2.07. The van der Waals surface area contributed by atoms with E-state index in [2.05, 4.69) is 36.5 Å². The van der Waals surface area contributed by atoms with Crippen molar-refractivity contribution in [2.75, 3.05) is 16.4 Å². The van der Waals surface area contributed by atoms with E-state index in [0.29, 0.717) is 17.4 Å². The quantitative estimate of drug-likeness (QED) is 0.371. The third-order valence-electron chi connectivity index (χ3n) is 3.53. The van der Waals surface area contributed by atoms with Crippen LogP contribution in [0.2, 0.25) is 5.02 Å². The number of halogens is 2. The normalized spacial score (nSPS) is 10.4. The predicted molar refractivity (Wildman–Crippen MR) is 114 cm³/mol. The van der Waals surface area contributed by atoms with Crippen molar-refractivity contribution in [3.63, 3.8) is 0 Å². The number of anilines is 2. The zero-order valence-electron chi connectivity index (χ0n) is 14.2.